The lowest BCUT2D eigenvalue weighted by Gasteiger charge is -2.32. The Morgan fingerprint density at radius 3 is 2.25 bits per heavy atom. The van der Waals surface area contributed by atoms with Crippen molar-refractivity contribution < 1.29 is 9.59 Å². The molecule has 2 aromatic rings. The van der Waals surface area contributed by atoms with Crippen LogP contribution in [0.3, 0.4) is 0 Å². The lowest BCUT2D eigenvalue weighted by atomic mass is 10.2. The first kappa shape index (κ1) is 16.3. The summed E-state index contributed by atoms with van der Waals surface area (Å²) in [6, 6.07) is 11.2. The van der Waals surface area contributed by atoms with E-state index in [1.165, 1.54) is 0 Å². The molecule has 1 N–H and O–H groups in total. The Kier molecular flexibility index (Phi) is 4.96. The SMILES string of the molecule is CN1CCN(C(=O)CNC(=O)c2ccc(-n3cccc3)cc2)CC1. The van der Waals surface area contributed by atoms with Crippen molar-refractivity contribution >= 4 is 11.8 Å². The van der Waals surface area contributed by atoms with Gasteiger partial charge in [-0.1, -0.05) is 0 Å². The van der Waals surface area contributed by atoms with Gasteiger partial charge in [0.2, 0.25) is 5.91 Å². The standard InChI is InChI=1S/C18H22N4O2/c1-20-10-12-22(13-11-20)17(23)14-19-18(24)15-4-6-16(7-5-15)21-8-2-3-9-21/h2-9H,10-14H2,1H3,(H,19,24). The fourth-order valence-corrected chi connectivity index (χ4v) is 2.72. The van der Waals surface area contributed by atoms with Gasteiger partial charge in [0.1, 0.15) is 0 Å². The van der Waals surface area contributed by atoms with Gasteiger partial charge in [0.15, 0.2) is 0 Å². The minimum atomic E-state index is -0.225. The zero-order valence-corrected chi connectivity index (χ0v) is 13.8. The van der Waals surface area contributed by atoms with E-state index >= 15 is 0 Å². The number of carbonyl (C=O) groups is 2. The molecule has 1 aromatic heterocycles. The fraction of sp³-hybridized carbons (Fsp3) is 0.333. The molecular weight excluding hydrogens is 304 g/mol. The van der Waals surface area contributed by atoms with Gasteiger partial charge in [0.05, 0.1) is 6.54 Å². The predicted molar refractivity (Wildman–Crippen MR) is 92.2 cm³/mol. The number of hydrogen-bond acceptors (Lipinski definition) is 3. The van der Waals surface area contributed by atoms with E-state index in [4.69, 9.17) is 0 Å². The first-order chi connectivity index (χ1) is 11.6. The molecule has 1 fully saturated rings. The quantitative estimate of drug-likeness (QED) is 0.911. The maximum absolute atomic E-state index is 12.2. The summed E-state index contributed by atoms with van der Waals surface area (Å²) in [5, 5.41) is 2.71. The molecule has 1 aromatic carbocycles. The number of piperazine rings is 1. The maximum Gasteiger partial charge on any atom is 0.251 e. The van der Waals surface area contributed by atoms with Gasteiger partial charge in [-0.2, -0.15) is 0 Å². The summed E-state index contributed by atoms with van der Waals surface area (Å²) in [7, 11) is 2.04. The number of carbonyl (C=O) groups excluding carboxylic acids is 2. The van der Waals surface area contributed by atoms with E-state index in [9.17, 15) is 9.59 Å². The van der Waals surface area contributed by atoms with Crippen LogP contribution in [-0.2, 0) is 4.79 Å². The second kappa shape index (κ2) is 7.31. The monoisotopic (exact) mass is 326 g/mol. The molecule has 0 saturated carbocycles. The van der Waals surface area contributed by atoms with E-state index in [1.807, 2.05) is 48.3 Å². The number of hydrogen-bond donors (Lipinski definition) is 1. The molecule has 3 rings (SSSR count). The molecule has 0 bridgehead atoms. The number of aromatic nitrogens is 1. The van der Waals surface area contributed by atoms with Crippen molar-refractivity contribution in [3.63, 3.8) is 0 Å². The number of nitrogens with zero attached hydrogens (tertiary/aromatic N) is 3. The van der Waals surface area contributed by atoms with Crippen molar-refractivity contribution in [3.8, 4) is 5.69 Å². The zero-order valence-electron chi connectivity index (χ0n) is 13.8. The Morgan fingerprint density at radius 1 is 1.00 bits per heavy atom. The highest BCUT2D eigenvalue weighted by molar-refractivity contribution is 5.96. The summed E-state index contributed by atoms with van der Waals surface area (Å²) < 4.78 is 1.97. The van der Waals surface area contributed by atoms with Crippen molar-refractivity contribution in [1.82, 2.24) is 19.7 Å². The average Bonchev–Trinajstić information content (AvgIpc) is 3.15. The minimum absolute atomic E-state index is 0.0274. The molecule has 6 nitrogen and oxygen atoms in total. The second-order valence-electron chi connectivity index (χ2n) is 6.00. The van der Waals surface area contributed by atoms with Crippen LogP contribution in [0.25, 0.3) is 5.69 Å². The normalized spacial score (nSPS) is 15.3. The molecule has 6 heteroatoms. The third-order valence-corrected chi connectivity index (χ3v) is 4.29. The lowest BCUT2D eigenvalue weighted by Crippen LogP contribution is -2.50. The Hall–Kier alpha value is -2.60. The number of rotatable bonds is 4. The molecule has 0 spiro atoms. The van der Waals surface area contributed by atoms with Crippen LogP contribution in [0.1, 0.15) is 10.4 Å². The molecular formula is C18H22N4O2. The molecule has 24 heavy (non-hydrogen) atoms. The first-order valence-corrected chi connectivity index (χ1v) is 8.11. The zero-order chi connectivity index (χ0) is 16.9. The number of amides is 2. The van der Waals surface area contributed by atoms with Crippen LogP contribution in [0.15, 0.2) is 48.8 Å². The molecule has 0 radical (unpaired) electrons. The molecule has 126 valence electrons. The molecule has 0 unspecified atom stereocenters. The topological polar surface area (TPSA) is 57.6 Å². The fourth-order valence-electron chi connectivity index (χ4n) is 2.72. The third kappa shape index (κ3) is 3.83. The van der Waals surface area contributed by atoms with Crippen molar-refractivity contribution in [2.75, 3.05) is 39.8 Å². The van der Waals surface area contributed by atoms with Gasteiger partial charge in [0, 0.05) is 49.8 Å². The molecule has 0 aliphatic carbocycles. The largest absolute Gasteiger partial charge is 0.343 e. The summed E-state index contributed by atoms with van der Waals surface area (Å²) >= 11 is 0. The Balaban J connectivity index is 1.52. The van der Waals surface area contributed by atoms with E-state index in [0.717, 1.165) is 31.9 Å². The third-order valence-electron chi connectivity index (χ3n) is 4.29. The highest BCUT2D eigenvalue weighted by Gasteiger charge is 2.19. The van der Waals surface area contributed by atoms with Crippen LogP contribution < -0.4 is 5.32 Å². The van der Waals surface area contributed by atoms with E-state index in [0.29, 0.717) is 5.56 Å². The Morgan fingerprint density at radius 2 is 1.62 bits per heavy atom. The number of benzene rings is 1. The van der Waals surface area contributed by atoms with Crippen molar-refractivity contribution in [2.24, 2.45) is 0 Å². The van der Waals surface area contributed by atoms with Crippen LogP contribution >= 0.6 is 0 Å². The van der Waals surface area contributed by atoms with Crippen molar-refractivity contribution in [1.29, 1.82) is 0 Å². The van der Waals surface area contributed by atoms with Crippen LogP contribution in [0, 0.1) is 0 Å². The van der Waals surface area contributed by atoms with E-state index < -0.39 is 0 Å². The molecule has 1 aliphatic rings. The smallest absolute Gasteiger partial charge is 0.251 e. The maximum atomic E-state index is 12.2. The Bertz CT molecular complexity index is 686. The van der Waals surface area contributed by atoms with Crippen LogP contribution in [-0.4, -0.2) is 66.0 Å². The predicted octanol–water partition coefficient (Wildman–Crippen LogP) is 0.981. The van der Waals surface area contributed by atoms with Gasteiger partial charge in [0.25, 0.3) is 5.91 Å². The van der Waals surface area contributed by atoms with Crippen LogP contribution in [0.5, 0.6) is 0 Å². The molecule has 1 saturated heterocycles. The highest BCUT2D eigenvalue weighted by Crippen LogP contribution is 2.10. The summed E-state index contributed by atoms with van der Waals surface area (Å²) in [4.78, 5) is 28.3. The van der Waals surface area contributed by atoms with E-state index in [-0.39, 0.29) is 18.4 Å². The number of likely N-dealkylation sites (N-methyl/N-ethyl adjacent to an activating group) is 1. The van der Waals surface area contributed by atoms with Gasteiger partial charge in [-0.25, -0.2) is 0 Å². The Labute approximate surface area is 141 Å². The average molecular weight is 326 g/mol. The van der Waals surface area contributed by atoms with Gasteiger partial charge < -0.3 is 19.7 Å². The molecule has 1 aliphatic heterocycles. The minimum Gasteiger partial charge on any atom is -0.343 e. The summed E-state index contributed by atoms with van der Waals surface area (Å²) in [5.74, 6) is -0.253. The van der Waals surface area contributed by atoms with E-state index in [1.54, 1.807) is 17.0 Å². The van der Waals surface area contributed by atoms with Gasteiger partial charge in [-0.3, -0.25) is 9.59 Å². The van der Waals surface area contributed by atoms with Gasteiger partial charge in [-0.05, 0) is 43.4 Å². The van der Waals surface area contributed by atoms with Gasteiger partial charge in [-0.15, -0.1) is 0 Å². The molecule has 0 atom stereocenters. The number of nitrogens with one attached hydrogen (secondary N) is 1. The summed E-state index contributed by atoms with van der Waals surface area (Å²) in [5.41, 5.74) is 1.54. The highest BCUT2D eigenvalue weighted by atomic mass is 16.2. The first-order valence-electron chi connectivity index (χ1n) is 8.11. The molecule has 2 amide bonds. The summed E-state index contributed by atoms with van der Waals surface area (Å²) in [6.45, 7) is 3.23. The lowest BCUT2D eigenvalue weighted by molar-refractivity contribution is -0.131. The van der Waals surface area contributed by atoms with Crippen LogP contribution in [0.4, 0.5) is 0 Å². The van der Waals surface area contributed by atoms with Gasteiger partial charge >= 0.3 is 0 Å². The second-order valence-corrected chi connectivity index (χ2v) is 6.00. The van der Waals surface area contributed by atoms with Crippen molar-refractivity contribution in [2.45, 2.75) is 0 Å². The summed E-state index contributed by atoms with van der Waals surface area (Å²) in [6.07, 6.45) is 3.90. The van der Waals surface area contributed by atoms with Crippen LogP contribution in [0.2, 0.25) is 0 Å². The van der Waals surface area contributed by atoms with Crippen molar-refractivity contribution in [3.05, 3.63) is 54.4 Å². The molecule has 2 heterocycles. The van der Waals surface area contributed by atoms with E-state index in [2.05, 4.69) is 10.2 Å².